The second-order valence-electron chi connectivity index (χ2n) is 6.76. The van der Waals surface area contributed by atoms with Gasteiger partial charge in [0.05, 0.1) is 12.1 Å². The quantitative estimate of drug-likeness (QED) is 0.545. The first-order valence-electron chi connectivity index (χ1n) is 9.17. The van der Waals surface area contributed by atoms with Crippen LogP contribution < -0.4 is 4.74 Å². The second-order valence-corrected chi connectivity index (χ2v) is 8.14. The summed E-state index contributed by atoms with van der Waals surface area (Å²) < 4.78 is 5.73. The summed E-state index contributed by atoms with van der Waals surface area (Å²) in [6, 6.07) is 11.5. The molecule has 28 heavy (non-hydrogen) atoms. The molecule has 1 saturated carbocycles. The number of aromatic nitrogens is 2. The maximum absolute atomic E-state index is 12.9. The van der Waals surface area contributed by atoms with Crippen LogP contribution in [0.25, 0.3) is 0 Å². The summed E-state index contributed by atoms with van der Waals surface area (Å²) in [5.41, 5.74) is 1.90. The van der Waals surface area contributed by atoms with Crippen molar-refractivity contribution in [3.8, 4) is 5.75 Å². The van der Waals surface area contributed by atoms with Gasteiger partial charge >= 0.3 is 0 Å². The predicted molar refractivity (Wildman–Crippen MR) is 109 cm³/mol. The van der Waals surface area contributed by atoms with Crippen LogP contribution >= 0.6 is 22.9 Å². The van der Waals surface area contributed by atoms with Crippen LogP contribution in [0.1, 0.15) is 29.1 Å². The van der Waals surface area contributed by atoms with Gasteiger partial charge in [-0.3, -0.25) is 9.78 Å². The third-order valence-electron chi connectivity index (χ3n) is 4.52. The molecule has 5 nitrogen and oxygen atoms in total. The van der Waals surface area contributed by atoms with Crippen molar-refractivity contribution in [2.24, 2.45) is 0 Å². The number of pyridine rings is 1. The molecule has 2 aromatic heterocycles. The average molecular weight is 414 g/mol. The normalized spacial score (nSPS) is 13.3. The van der Waals surface area contributed by atoms with Gasteiger partial charge in [-0.2, -0.15) is 0 Å². The van der Waals surface area contributed by atoms with E-state index in [0.29, 0.717) is 30.6 Å². The monoisotopic (exact) mass is 413 g/mol. The number of benzene rings is 1. The van der Waals surface area contributed by atoms with Crippen LogP contribution in [0.3, 0.4) is 0 Å². The van der Waals surface area contributed by atoms with E-state index in [4.69, 9.17) is 16.3 Å². The molecule has 2 heterocycles. The highest BCUT2D eigenvalue weighted by Gasteiger charge is 2.32. The molecular weight excluding hydrogens is 394 g/mol. The largest absolute Gasteiger partial charge is 0.486 e. The molecule has 0 aliphatic heterocycles. The smallest absolute Gasteiger partial charge is 0.229 e. The first kappa shape index (κ1) is 18.9. The molecule has 0 bridgehead atoms. The van der Waals surface area contributed by atoms with Gasteiger partial charge in [-0.25, -0.2) is 4.98 Å². The van der Waals surface area contributed by atoms with Crippen molar-refractivity contribution in [3.05, 3.63) is 75.5 Å². The zero-order valence-corrected chi connectivity index (χ0v) is 16.8. The first-order chi connectivity index (χ1) is 13.7. The topological polar surface area (TPSA) is 55.3 Å². The lowest BCUT2D eigenvalue weighted by atomic mass is 10.2. The lowest BCUT2D eigenvalue weighted by Crippen LogP contribution is -2.33. The summed E-state index contributed by atoms with van der Waals surface area (Å²) in [6.45, 7) is 1.01. The predicted octanol–water partition coefficient (Wildman–Crippen LogP) is 4.50. The van der Waals surface area contributed by atoms with Crippen LogP contribution in [0.15, 0.2) is 54.2 Å². The molecule has 1 aromatic carbocycles. The zero-order valence-electron chi connectivity index (χ0n) is 15.3. The Hall–Kier alpha value is -2.44. The lowest BCUT2D eigenvalue weighted by Gasteiger charge is -2.22. The molecule has 0 radical (unpaired) electrons. The summed E-state index contributed by atoms with van der Waals surface area (Å²) in [5.74, 6) is 0.865. The molecule has 0 atom stereocenters. The molecule has 1 aliphatic carbocycles. The van der Waals surface area contributed by atoms with Crippen LogP contribution in [0.2, 0.25) is 5.02 Å². The summed E-state index contributed by atoms with van der Waals surface area (Å²) in [5, 5.41) is 3.47. The van der Waals surface area contributed by atoms with Gasteiger partial charge in [0.15, 0.2) is 0 Å². The SMILES string of the molecule is O=C(Cc1csc(COc2ccc(Cl)cc2)n1)N(Cc1ccncc1)C1CC1. The Morgan fingerprint density at radius 3 is 2.64 bits per heavy atom. The molecule has 0 saturated heterocycles. The fourth-order valence-electron chi connectivity index (χ4n) is 2.92. The number of amides is 1. The second kappa shape index (κ2) is 8.71. The summed E-state index contributed by atoms with van der Waals surface area (Å²) >= 11 is 7.39. The van der Waals surface area contributed by atoms with E-state index in [9.17, 15) is 4.79 Å². The molecule has 144 valence electrons. The van der Waals surface area contributed by atoms with Crippen LogP contribution in [0, 0.1) is 0 Å². The number of nitrogens with zero attached hydrogens (tertiary/aromatic N) is 3. The van der Waals surface area contributed by atoms with Crippen LogP contribution in [0.5, 0.6) is 5.75 Å². The van der Waals surface area contributed by atoms with Crippen molar-refractivity contribution in [3.63, 3.8) is 0 Å². The molecule has 0 spiro atoms. The summed E-state index contributed by atoms with van der Waals surface area (Å²) in [4.78, 5) is 23.4. The van der Waals surface area contributed by atoms with Crippen LogP contribution in [0.4, 0.5) is 0 Å². The molecule has 1 amide bonds. The van der Waals surface area contributed by atoms with Crippen LogP contribution in [-0.4, -0.2) is 26.8 Å². The molecule has 1 aliphatic rings. The van der Waals surface area contributed by atoms with E-state index in [2.05, 4.69) is 9.97 Å². The highest BCUT2D eigenvalue weighted by atomic mass is 35.5. The molecule has 3 aromatic rings. The molecule has 1 fully saturated rings. The molecule has 4 rings (SSSR count). The Bertz CT molecular complexity index is 926. The maximum Gasteiger partial charge on any atom is 0.229 e. The standard InChI is InChI=1S/C21H20ClN3O2S/c22-16-1-5-19(6-2-16)27-13-20-24-17(14-28-20)11-21(26)25(18-3-4-18)12-15-7-9-23-10-8-15/h1-2,5-10,14,18H,3-4,11-13H2. The Labute approximate surface area is 173 Å². The Balaban J connectivity index is 1.34. The molecule has 0 unspecified atom stereocenters. The highest BCUT2D eigenvalue weighted by Crippen LogP contribution is 2.29. The van der Waals surface area contributed by atoms with Gasteiger partial charge in [0, 0.05) is 35.4 Å². The number of hydrogen-bond donors (Lipinski definition) is 0. The van der Waals surface area contributed by atoms with Gasteiger partial charge < -0.3 is 9.64 Å². The van der Waals surface area contributed by atoms with Gasteiger partial charge in [0.25, 0.3) is 0 Å². The van der Waals surface area contributed by atoms with Gasteiger partial charge in [0.1, 0.15) is 17.4 Å². The van der Waals surface area contributed by atoms with E-state index in [-0.39, 0.29) is 5.91 Å². The number of thiazole rings is 1. The van der Waals surface area contributed by atoms with Crippen molar-refractivity contribution in [2.75, 3.05) is 0 Å². The van der Waals surface area contributed by atoms with Crippen LogP contribution in [-0.2, 0) is 24.4 Å². The van der Waals surface area contributed by atoms with Gasteiger partial charge in [-0.15, -0.1) is 11.3 Å². The molecule has 7 heteroatoms. The number of hydrogen-bond acceptors (Lipinski definition) is 5. The Kier molecular flexibility index (Phi) is 5.88. The van der Waals surface area contributed by atoms with E-state index in [1.165, 1.54) is 11.3 Å². The number of rotatable bonds is 8. The number of ether oxygens (including phenoxy) is 1. The van der Waals surface area contributed by atoms with E-state index < -0.39 is 0 Å². The minimum atomic E-state index is 0.120. The van der Waals surface area contributed by atoms with E-state index >= 15 is 0 Å². The van der Waals surface area contributed by atoms with Crippen molar-refractivity contribution < 1.29 is 9.53 Å². The average Bonchev–Trinajstić information content (AvgIpc) is 3.46. The van der Waals surface area contributed by atoms with Gasteiger partial charge in [-0.05, 0) is 54.8 Å². The third kappa shape index (κ3) is 5.09. The number of carbonyl (C=O) groups is 1. The minimum Gasteiger partial charge on any atom is -0.486 e. The molecule has 0 N–H and O–H groups in total. The van der Waals surface area contributed by atoms with Gasteiger partial charge in [0.2, 0.25) is 5.91 Å². The fourth-order valence-corrected chi connectivity index (χ4v) is 3.75. The fraction of sp³-hybridized carbons (Fsp3) is 0.286. The molecular formula is C21H20ClN3O2S. The Morgan fingerprint density at radius 2 is 1.93 bits per heavy atom. The number of halogens is 1. The van der Waals surface area contributed by atoms with E-state index in [1.54, 1.807) is 24.5 Å². The van der Waals surface area contributed by atoms with Crippen molar-refractivity contribution in [1.82, 2.24) is 14.9 Å². The third-order valence-corrected chi connectivity index (χ3v) is 5.64. The maximum atomic E-state index is 12.9. The van der Waals surface area contributed by atoms with Crippen molar-refractivity contribution in [2.45, 2.75) is 38.5 Å². The number of carbonyl (C=O) groups excluding carboxylic acids is 1. The Morgan fingerprint density at radius 1 is 1.18 bits per heavy atom. The lowest BCUT2D eigenvalue weighted by molar-refractivity contribution is -0.131. The summed E-state index contributed by atoms with van der Waals surface area (Å²) in [7, 11) is 0. The highest BCUT2D eigenvalue weighted by molar-refractivity contribution is 7.09. The van der Waals surface area contributed by atoms with Crippen molar-refractivity contribution >= 4 is 28.8 Å². The minimum absolute atomic E-state index is 0.120. The van der Waals surface area contributed by atoms with Crippen molar-refractivity contribution in [1.29, 1.82) is 0 Å². The van der Waals surface area contributed by atoms with Gasteiger partial charge in [-0.1, -0.05) is 11.6 Å². The first-order valence-corrected chi connectivity index (χ1v) is 10.4. The van der Waals surface area contributed by atoms with E-state index in [1.807, 2.05) is 34.5 Å². The van der Waals surface area contributed by atoms with E-state index in [0.717, 1.165) is 34.9 Å². The summed E-state index contributed by atoms with van der Waals surface area (Å²) in [6.07, 6.45) is 6.00. The zero-order chi connectivity index (χ0) is 19.3.